The quantitative estimate of drug-likeness (QED) is 0.606. The monoisotopic (exact) mass is 422 g/mol. The van der Waals surface area contributed by atoms with Gasteiger partial charge < -0.3 is 14.8 Å². The Kier molecular flexibility index (Phi) is 6.37. The number of amides is 1. The van der Waals surface area contributed by atoms with Gasteiger partial charge in [0, 0.05) is 43.1 Å². The minimum Gasteiger partial charge on any atom is -0.345 e. The molecule has 0 aliphatic carbocycles. The van der Waals surface area contributed by atoms with E-state index in [4.69, 9.17) is 0 Å². The Morgan fingerprint density at radius 1 is 1.03 bits per heavy atom. The molecule has 1 N–H and O–H groups in total. The highest BCUT2D eigenvalue weighted by molar-refractivity contribution is 7.70. The number of nitrogens with zero attached hydrogens (tertiary/aromatic N) is 3. The van der Waals surface area contributed by atoms with Gasteiger partial charge in [0.05, 0.1) is 5.69 Å². The van der Waals surface area contributed by atoms with E-state index < -0.39 is 7.14 Å². The van der Waals surface area contributed by atoms with E-state index in [9.17, 15) is 9.36 Å². The van der Waals surface area contributed by atoms with Crippen molar-refractivity contribution in [3.63, 3.8) is 0 Å². The van der Waals surface area contributed by atoms with E-state index in [-0.39, 0.29) is 5.91 Å². The second-order valence-corrected chi connectivity index (χ2v) is 11.1. The highest BCUT2D eigenvalue weighted by Crippen LogP contribution is 2.34. The molecular formula is C23H27N4O2P. The first kappa shape index (κ1) is 21.7. The second-order valence-electron chi connectivity index (χ2n) is 7.85. The molecule has 6 nitrogen and oxygen atoms in total. The number of carbonyl (C=O) groups excluding carboxylic acids is 1. The fourth-order valence-electron chi connectivity index (χ4n) is 3.15. The highest BCUT2D eigenvalue weighted by Gasteiger charge is 2.14. The maximum absolute atomic E-state index is 12.5. The molecule has 0 aliphatic rings. The van der Waals surface area contributed by atoms with Crippen molar-refractivity contribution in [1.29, 1.82) is 0 Å². The van der Waals surface area contributed by atoms with E-state index in [2.05, 4.69) is 15.3 Å². The van der Waals surface area contributed by atoms with Crippen molar-refractivity contribution >= 4 is 29.9 Å². The molecule has 0 saturated carbocycles. The summed E-state index contributed by atoms with van der Waals surface area (Å²) in [5.74, 6) is 1.30. The molecule has 0 fully saturated rings. The minimum atomic E-state index is -2.28. The average Bonchev–Trinajstić information content (AvgIpc) is 2.67. The maximum atomic E-state index is 12.5. The molecule has 0 bridgehead atoms. The SMILES string of the molecule is Cc1nc(Cc2ccccc2C(=O)N(C)C)cc(Nc2ccc(P(C)(C)=O)cc2)n1. The molecule has 7 heteroatoms. The highest BCUT2D eigenvalue weighted by atomic mass is 31.2. The number of anilines is 2. The van der Waals surface area contributed by atoms with Crippen molar-refractivity contribution in [2.24, 2.45) is 0 Å². The van der Waals surface area contributed by atoms with Crippen LogP contribution in [-0.4, -0.2) is 48.2 Å². The minimum absolute atomic E-state index is 0.0287. The Labute approximate surface area is 177 Å². The van der Waals surface area contributed by atoms with Crippen molar-refractivity contribution in [2.75, 3.05) is 32.7 Å². The van der Waals surface area contributed by atoms with Gasteiger partial charge in [-0.2, -0.15) is 0 Å². The molecule has 30 heavy (non-hydrogen) atoms. The summed E-state index contributed by atoms with van der Waals surface area (Å²) >= 11 is 0. The standard InChI is InChI=1S/C23H27N4O2P/c1-16-24-19(14-17-8-6-7-9-21(17)23(28)27(2)3)15-22(25-16)26-18-10-12-20(13-11-18)30(4,5)29/h6-13,15H,14H2,1-5H3,(H,24,25,26). The van der Waals surface area contributed by atoms with Crippen LogP contribution in [0, 0.1) is 6.92 Å². The lowest BCUT2D eigenvalue weighted by molar-refractivity contribution is 0.0826. The van der Waals surface area contributed by atoms with Crippen molar-refractivity contribution in [1.82, 2.24) is 14.9 Å². The van der Waals surface area contributed by atoms with Gasteiger partial charge in [-0.1, -0.05) is 18.2 Å². The van der Waals surface area contributed by atoms with E-state index in [0.29, 0.717) is 23.6 Å². The summed E-state index contributed by atoms with van der Waals surface area (Å²) in [7, 11) is 1.22. The molecule has 0 radical (unpaired) electrons. The number of aromatic nitrogens is 2. The van der Waals surface area contributed by atoms with E-state index in [0.717, 1.165) is 22.2 Å². The summed E-state index contributed by atoms with van der Waals surface area (Å²) in [4.78, 5) is 23.1. The topological polar surface area (TPSA) is 75.2 Å². The van der Waals surface area contributed by atoms with Crippen LogP contribution in [0.2, 0.25) is 0 Å². The van der Waals surface area contributed by atoms with E-state index in [1.165, 1.54) is 0 Å². The Morgan fingerprint density at radius 2 is 1.70 bits per heavy atom. The number of hydrogen-bond donors (Lipinski definition) is 1. The fourth-order valence-corrected chi connectivity index (χ4v) is 4.02. The molecule has 3 rings (SSSR count). The van der Waals surface area contributed by atoms with Crippen LogP contribution in [0.15, 0.2) is 54.6 Å². The van der Waals surface area contributed by atoms with E-state index >= 15 is 0 Å². The Morgan fingerprint density at radius 3 is 2.33 bits per heavy atom. The number of hydrogen-bond acceptors (Lipinski definition) is 5. The Bertz CT molecular complexity index is 1100. The van der Waals surface area contributed by atoms with Crippen LogP contribution < -0.4 is 10.6 Å². The summed E-state index contributed by atoms with van der Waals surface area (Å²) in [6, 6.07) is 17.0. The van der Waals surface area contributed by atoms with Gasteiger partial charge in [-0.05, 0) is 56.1 Å². The van der Waals surface area contributed by atoms with Crippen molar-refractivity contribution < 1.29 is 9.36 Å². The van der Waals surface area contributed by atoms with Gasteiger partial charge in [-0.15, -0.1) is 0 Å². The van der Waals surface area contributed by atoms with Gasteiger partial charge in [0.2, 0.25) is 0 Å². The fraction of sp³-hybridized carbons (Fsp3) is 0.261. The Balaban J connectivity index is 1.85. The van der Waals surface area contributed by atoms with Gasteiger partial charge in [-0.25, -0.2) is 9.97 Å². The maximum Gasteiger partial charge on any atom is 0.253 e. The van der Waals surface area contributed by atoms with Gasteiger partial charge in [0.1, 0.15) is 18.8 Å². The lowest BCUT2D eigenvalue weighted by Crippen LogP contribution is -2.23. The number of benzene rings is 2. The van der Waals surface area contributed by atoms with Gasteiger partial charge in [0.25, 0.3) is 5.91 Å². The molecule has 156 valence electrons. The van der Waals surface area contributed by atoms with Crippen molar-refractivity contribution in [3.05, 3.63) is 77.2 Å². The zero-order valence-electron chi connectivity index (χ0n) is 18.0. The van der Waals surface area contributed by atoms with Crippen LogP contribution >= 0.6 is 7.14 Å². The zero-order valence-corrected chi connectivity index (χ0v) is 18.9. The smallest absolute Gasteiger partial charge is 0.253 e. The third-order valence-corrected chi connectivity index (χ3v) is 6.22. The predicted octanol–water partition coefficient (Wildman–Crippen LogP) is 4.07. The van der Waals surface area contributed by atoms with Crippen LogP contribution in [0.4, 0.5) is 11.5 Å². The van der Waals surface area contributed by atoms with Crippen LogP contribution in [0.5, 0.6) is 0 Å². The molecule has 0 aliphatic heterocycles. The zero-order chi connectivity index (χ0) is 21.9. The van der Waals surface area contributed by atoms with Crippen LogP contribution in [-0.2, 0) is 11.0 Å². The molecule has 1 aromatic heterocycles. The molecule has 3 aromatic rings. The summed E-state index contributed by atoms with van der Waals surface area (Å²) in [5.41, 5.74) is 3.28. The molecule has 1 amide bonds. The van der Waals surface area contributed by atoms with Crippen molar-refractivity contribution in [2.45, 2.75) is 13.3 Å². The number of nitrogens with one attached hydrogen (secondary N) is 1. The third-order valence-electron chi connectivity index (χ3n) is 4.68. The van der Waals surface area contributed by atoms with Gasteiger partial charge in [-0.3, -0.25) is 4.79 Å². The third kappa shape index (κ3) is 5.33. The number of aryl methyl sites for hydroxylation is 1. The molecule has 1 heterocycles. The van der Waals surface area contributed by atoms with E-state index in [1.807, 2.05) is 61.5 Å². The summed E-state index contributed by atoms with van der Waals surface area (Å²) < 4.78 is 12.2. The molecule has 0 unspecified atom stereocenters. The largest absolute Gasteiger partial charge is 0.345 e. The number of carbonyl (C=O) groups is 1. The summed E-state index contributed by atoms with van der Waals surface area (Å²) in [6.45, 7) is 5.36. The second kappa shape index (κ2) is 8.80. The van der Waals surface area contributed by atoms with E-state index in [1.54, 1.807) is 32.3 Å². The first-order chi connectivity index (χ1) is 14.1. The molecular weight excluding hydrogens is 395 g/mol. The molecule has 0 atom stereocenters. The van der Waals surface area contributed by atoms with Crippen LogP contribution in [0.3, 0.4) is 0 Å². The molecule has 0 spiro atoms. The molecule has 2 aromatic carbocycles. The summed E-state index contributed by atoms with van der Waals surface area (Å²) in [5, 5.41) is 4.13. The predicted molar refractivity (Wildman–Crippen MR) is 123 cm³/mol. The van der Waals surface area contributed by atoms with Gasteiger partial charge >= 0.3 is 0 Å². The first-order valence-corrected chi connectivity index (χ1v) is 12.3. The Hall–Kier alpha value is -2.98. The number of rotatable bonds is 6. The lowest BCUT2D eigenvalue weighted by Gasteiger charge is -2.14. The summed E-state index contributed by atoms with van der Waals surface area (Å²) in [6.07, 6.45) is 0.529. The molecule has 0 saturated heterocycles. The first-order valence-electron chi connectivity index (χ1n) is 9.70. The average molecular weight is 422 g/mol. The van der Waals surface area contributed by atoms with Crippen molar-refractivity contribution in [3.8, 4) is 0 Å². The lowest BCUT2D eigenvalue weighted by atomic mass is 10.0. The van der Waals surface area contributed by atoms with Crippen LogP contribution in [0.1, 0.15) is 27.4 Å². The van der Waals surface area contributed by atoms with Crippen LogP contribution in [0.25, 0.3) is 0 Å². The normalized spacial score (nSPS) is 11.2. The van der Waals surface area contributed by atoms with Gasteiger partial charge in [0.15, 0.2) is 0 Å².